The third-order valence-corrected chi connectivity index (χ3v) is 2.67. The maximum atomic E-state index is 11.7. The number of rotatable bonds is 4. The smallest absolute Gasteiger partial charge is 0.336 e. The molecule has 0 atom stereocenters. The van der Waals surface area contributed by atoms with E-state index in [1.165, 1.54) is 13.0 Å². The molecule has 0 fully saturated rings. The number of ketones is 1. The third kappa shape index (κ3) is 3.92. The van der Waals surface area contributed by atoms with Gasteiger partial charge in [0, 0.05) is 11.6 Å². The first-order valence-electron chi connectivity index (χ1n) is 6.21. The summed E-state index contributed by atoms with van der Waals surface area (Å²) in [6.45, 7) is 1.47. The molecule has 2 aromatic rings. The zero-order valence-corrected chi connectivity index (χ0v) is 11.1. The molecule has 0 saturated heterocycles. The minimum atomic E-state index is -0.477. The minimum Gasteiger partial charge on any atom is -0.423 e. The molecular formula is C17H14O3. The Bertz CT molecular complexity index is 642. The quantitative estimate of drug-likeness (QED) is 0.368. The van der Waals surface area contributed by atoms with Gasteiger partial charge in [-0.05, 0) is 30.7 Å². The van der Waals surface area contributed by atoms with Crippen molar-refractivity contribution in [3.05, 3.63) is 71.8 Å². The van der Waals surface area contributed by atoms with Gasteiger partial charge in [-0.2, -0.15) is 0 Å². The van der Waals surface area contributed by atoms with Gasteiger partial charge in [0.05, 0.1) is 0 Å². The summed E-state index contributed by atoms with van der Waals surface area (Å²) in [6.07, 6.45) is 3.03. The Hall–Kier alpha value is -2.68. The van der Waals surface area contributed by atoms with Crippen LogP contribution in [0.1, 0.15) is 22.8 Å². The van der Waals surface area contributed by atoms with Crippen molar-refractivity contribution in [3.63, 3.8) is 0 Å². The van der Waals surface area contributed by atoms with E-state index in [4.69, 9.17) is 4.74 Å². The highest BCUT2D eigenvalue weighted by atomic mass is 16.5. The summed E-state index contributed by atoms with van der Waals surface area (Å²) < 4.78 is 5.15. The van der Waals surface area contributed by atoms with Crippen molar-refractivity contribution in [1.29, 1.82) is 0 Å². The molecule has 3 heteroatoms. The van der Waals surface area contributed by atoms with E-state index in [2.05, 4.69) is 0 Å². The molecule has 0 heterocycles. The van der Waals surface area contributed by atoms with Crippen molar-refractivity contribution in [1.82, 2.24) is 0 Å². The van der Waals surface area contributed by atoms with Crippen molar-refractivity contribution in [2.24, 2.45) is 0 Å². The Morgan fingerprint density at radius 2 is 1.75 bits per heavy atom. The van der Waals surface area contributed by atoms with Crippen molar-refractivity contribution in [2.45, 2.75) is 6.92 Å². The van der Waals surface area contributed by atoms with Crippen LogP contribution in [-0.2, 0) is 4.79 Å². The van der Waals surface area contributed by atoms with Crippen molar-refractivity contribution < 1.29 is 14.3 Å². The molecule has 0 saturated carbocycles. The second kappa shape index (κ2) is 6.48. The first-order chi connectivity index (χ1) is 9.65. The lowest BCUT2D eigenvalue weighted by atomic mass is 10.1. The van der Waals surface area contributed by atoms with E-state index in [1.807, 2.05) is 30.3 Å². The Morgan fingerprint density at radius 1 is 1.00 bits per heavy atom. The van der Waals surface area contributed by atoms with Crippen molar-refractivity contribution >= 4 is 17.8 Å². The number of carbonyl (C=O) groups excluding carboxylic acids is 2. The average Bonchev–Trinajstić information content (AvgIpc) is 2.46. The molecule has 0 bridgehead atoms. The maximum absolute atomic E-state index is 11.7. The molecule has 0 spiro atoms. The second-order valence-electron chi connectivity index (χ2n) is 4.25. The van der Waals surface area contributed by atoms with Gasteiger partial charge in [0.1, 0.15) is 5.75 Å². The van der Waals surface area contributed by atoms with Gasteiger partial charge in [-0.1, -0.05) is 42.5 Å². The summed E-state index contributed by atoms with van der Waals surface area (Å²) in [7, 11) is 0. The van der Waals surface area contributed by atoms with Gasteiger partial charge in [-0.25, -0.2) is 4.79 Å². The maximum Gasteiger partial charge on any atom is 0.336 e. The average molecular weight is 266 g/mol. The van der Waals surface area contributed by atoms with E-state index in [0.29, 0.717) is 11.3 Å². The van der Waals surface area contributed by atoms with Crippen LogP contribution in [0.4, 0.5) is 0 Å². The number of esters is 1. The molecule has 0 unspecified atom stereocenters. The number of hydrogen-bond donors (Lipinski definition) is 0. The Balaban J connectivity index is 2.03. The largest absolute Gasteiger partial charge is 0.423 e. The fraction of sp³-hybridized carbons (Fsp3) is 0.0588. The van der Waals surface area contributed by atoms with Gasteiger partial charge >= 0.3 is 5.97 Å². The summed E-state index contributed by atoms with van der Waals surface area (Å²) in [5.41, 5.74) is 1.43. The summed E-state index contributed by atoms with van der Waals surface area (Å²) in [6, 6.07) is 16.0. The third-order valence-electron chi connectivity index (χ3n) is 2.67. The SMILES string of the molecule is CC(=O)c1cccc(OC(=O)/C=C/c2ccccc2)c1. The molecule has 0 N–H and O–H groups in total. The summed E-state index contributed by atoms with van der Waals surface area (Å²) >= 11 is 0. The minimum absolute atomic E-state index is 0.0669. The molecule has 0 radical (unpaired) electrons. The Kier molecular flexibility index (Phi) is 4.45. The Labute approximate surface area is 117 Å². The van der Waals surface area contributed by atoms with Crippen molar-refractivity contribution in [2.75, 3.05) is 0 Å². The first kappa shape index (κ1) is 13.7. The number of Topliss-reactive ketones (excluding diaryl/α,β-unsaturated/α-hetero) is 1. The van der Waals surface area contributed by atoms with E-state index >= 15 is 0 Å². The molecule has 0 aromatic heterocycles. The molecule has 20 heavy (non-hydrogen) atoms. The van der Waals surface area contributed by atoms with Gasteiger partial charge in [0.15, 0.2) is 5.78 Å². The lowest BCUT2D eigenvalue weighted by Gasteiger charge is -2.02. The zero-order chi connectivity index (χ0) is 14.4. The van der Waals surface area contributed by atoms with Crippen LogP contribution in [0.3, 0.4) is 0 Å². The lowest BCUT2D eigenvalue weighted by Crippen LogP contribution is -2.04. The van der Waals surface area contributed by atoms with Crippen molar-refractivity contribution in [3.8, 4) is 5.75 Å². The van der Waals surface area contributed by atoms with Gasteiger partial charge in [-0.15, -0.1) is 0 Å². The van der Waals surface area contributed by atoms with Crippen LogP contribution < -0.4 is 4.74 Å². The molecule has 0 amide bonds. The van der Waals surface area contributed by atoms with Gasteiger partial charge in [0.2, 0.25) is 0 Å². The molecule has 0 aliphatic rings. The Morgan fingerprint density at radius 3 is 2.45 bits per heavy atom. The number of carbonyl (C=O) groups is 2. The lowest BCUT2D eigenvalue weighted by molar-refractivity contribution is -0.128. The highest BCUT2D eigenvalue weighted by Crippen LogP contribution is 2.14. The van der Waals surface area contributed by atoms with E-state index in [1.54, 1.807) is 30.3 Å². The number of benzene rings is 2. The number of hydrogen-bond acceptors (Lipinski definition) is 3. The molecule has 0 aliphatic carbocycles. The fourth-order valence-corrected chi connectivity index (χ4v) is 1.66. The normalized spacial score (nSPS) is 10.4. The molecule has 0 aliphatic heterocycles. The summed E-state index contributed by atoms with van der Waals surface area (Å²) in [5.74, 6) is -0.183. The summed E-state index contributed by atoms with van der Waals surface area (Å²) in [4.78, 5) is 22.9. The van der Waals surface area contributed by atoms with Gasteiger partial charge in [0.25, 0.3) is 0 Å². The standard InChI is InChI=1S/C17H14O3/c1-13(18)15-8-5-9-16(12-15)20-17(19)11-10-14-6-3-2-4-7-14/h2-12H,1H3/b11-10+. The van der Waals surface area contributed by atoms with E-state index < -0.39 is 5.97 Å². The zero-order valence-electron chi connectivity index (χ0n) is 11.1. The first-order valence-corrected chi connectivity index (χ1v) is 6.21. The highest BCUT2D eigenvalue weighted by molar-refractivity contribution is 5.95. The van der Waals surface area contributed by atoms with Gasteiger partial charge < -0.3 is 4.74 Å². The molecular weight excluding hydrogens is 252 g/mol. The second-order valence-corrected chi connectivity index (χ2v) is 4.25. The molecule has 3 nitrogen and oxygen atoms in total. The topological polar surface area (TPSA) is 43.4 Å². The van der Waals surface area contributed by atoms with Crippen LogP contribution in [-0.4, -0.2) is 11.8 Å². The van der Waals surface area contributed by atoms with Crippen LogP contribution in [0.25, 0.3) is 6.08 Å². The molecule has 2 rings (SSSR count). The van der Waals surface area contributed by atoms with Crippen LogP contribution in [0.5, 0.6) is 5.75 Å². The fourth-order valence-electron chi connectivity index (χ4n) is 1.66. The van der Waals surface area contributed by atoms with Crippen LogP contribution >= 0.6 is 0 Å². The van der Waals surface area contributed by atoms with E-state index in [0.717, 1.165) is 5.56 Å². The van der Waals surface area contributed by atoms with Crippen LogP contribution in [0.2, 0.25) is 0 Å². The monoisotopic (exact) mass is 266 g/mol. The predicted octanol–water partition coefficient (Wildman–Crippen LogP) is 3.51. The van der Waals surface area contributed by atoms with Crippen LogP contribution in [0, 0.1) is 0 Å². The van der Waals surface area contributed by atoms with E-state index in [9.17, 15) is 9.59 Å². The molecule has 100 valence electrons. The van der Waals surface area contributed by atoms with Crippen LogP contribution in [0.15, 0.2) is 60.7 Å². The van der Waals surface area contributed by atoms with Gasteiger partial charge in [-0.3, -0.25) is 4.79 Å². The summed E-state index contributed by atoms with van der Waals surface area (Å²) in [5, 5.41) is 0. The highest BCUT2D eigenvalue weighted by Gasteiger charge is 2.04. The predicted molar refractivity (Wildman–Crippen MR) is 77.6 cm³/mol. The molecule has 2 aromatic carbocycles. The van der Waals surface area contributed by atoms with E-state index in [-0.39, 0.29) is 5.78 Å². The number of ether oxygens (including phenoxy) is 1.